The lowest BCUT2D eigenvalue weighted by atomic mass is 9.98. The molecule has 57 heavy (non-hydrogen) atoms. The normalized spacial score (nSPS) is 11.5. The Balaban J connectivity index is 1.04. The van der Waals surface area contributed by atoms with Gasteiger partial charge in [-0.1, -0.05) is 164 Å². The second kappa shape index (κ2) is 13.6. The molecular formula is C54H35NO2. The highest BCUT2D eigenvalue weighted by atomic mass is 16.3. The van der Waals surface area contributed by atoms with Gasteiger partial charge in [0.1, 0.15) is 16.7 Å². The summed E-state index contributed by atoms with van der Waals surface area (Å²) in [5.41, 5.74) is 15.6. The number of fused-ring (bicyclic) bond motifs is 6. The summed E-state index contributed by atoms with van der Waals surface area (Å²) in [6.07, 6.45) is 0. The molecule has 3 nitrogen and oxygen atoms in total. The van der Waals surface area contributed by atoms with Crippen LogP contribution in [0.25, 0.3) is 88.4 Å². The quantitative estimate of drug-likeness (QED) is 0.164. The van der Waals surface area contributed by atoms with Gasteiger partial charge in [-0.2, -0.15) is 0 Å². The van der Waals surface area contributed by atoms with Gasteiger partial charge in [-0.25, -0.2) is 0 Å². The summed E-state index contributed by atoms with van der Waals surface area (Å²) >= 11 is 0. The summed E-state index contributed by atoms with van der Waals surface area (Å²) in [4.78, 5) is 2.31. The van der Waals surface area contributed by atoms with Crippen molar-refractivity contribution in [1.82, 2.24) is 0 Å². The Hall–Kier alpha value is -7.62. The Kier molecular flexibility index (Phi) is 7.82. The maximum Gasteiger partial charge on any atom is 0.160 e. The first kappa shape index (κ1) is 32.8. The molecule has 0 aliphatic carbocycles. The lowest BCUT2D eigenvalue weighted by molar-refractivity contribution is 0.669. The van der Waals surface area contributed by atoms with Crippen LogP contribution in [-0.2, 0) is 0 Å². The topological polar surface area (TPSA) is 29.5 Å². The van der Waals surface area contributed by atoms with Crippen molar-refractivity contribution in [3.8, 4) is 44.5 Å². The van der Waals surface area contributed by atoms with Crippen LogP contribution in [0, 0.1) is 0 Å². The minimum Gasteiger partial charge on any atom is -0.455 e. The number of furan rings is 2. The van der Waals surface area contributed by atoms with Gasteiger partial charge in [0.2, 0.25) is 0 Å². The van der Waals surface area contributed by atoms with Gasteiger partial charge in [-0.15, -0.1) is 0 Å². The van der Waals surface area contributed by atoms with Crippen LogP contribution in [-0.4, -0.2) is 0 Å². The number of para-hydroxylation sites is 2. The molecular weight excluding hydrogens is 695 g/mol. The third-order valence-corrected chi connectivity index (χ3v) is 11.1. The molecule has 0 fully saturated rings. The molecule has 0 unspecified atom stereocenters. The maximum absolute atomic E-state index is 6.81. The van der Waals surface area contributed by atoms with Crippen LogP contribution in [0.5, 0.6) is 0 Å². The molecule has 0 amide bonds. The molecule has 0 spiro atoms. The fraction of sp³-hybridized carbons (Fsp3) is 0. The van der Waals surface area contributed by atoms with Gasteiger partial charge >= 0.3 is 0 Å². The molecule has 0 bridgehead atoms. The van der Waals surface area contributed by atoms with Gasteiger partial charge in [0.25, 0.3) is 0 Å². The van der Waals surface area contributed by atoms with E-state index in [-0.39, 0.29) is 0 Å². The van der Waals surface area contributed by atoms with Crippen molar-refractivity contribution in [2.24, 2.45) is 0 Å². The maximum atomic E-state index is 6.81. The van der Waals surface area contributed by atoms with Gasteiger partial charge in [-0.3, -0.25) is 0 Å². The number of rotatable bonds is 7. The predicted octanol–water partition coefficient (Wildman–Crippen LogP) is 15.6. The molecule has 0 atom stereocenters. The average Bonchev–Trinajstić information content (AvgIpc) is 3.87. The Morgan fingerprint density at radius 1 is 0.298 bits per heavy atom. The van der Waals surface area contributed by atoms with E-state index in [2.05, 4.69) is 205 Å². The van der Waals surface area contributed by atoms with Crippen LogP contribution in [0.1, 0.15) is 0 Å². The largest absolute Gasteiger partial charge is 0.455 e. The molecule has 11 aromatic rings. The van der Waals surface area contributed by atoms with Crippen LogP contribution < -0.4 is 4.90 Å². The first-order chi connectivity index (χ1) is 28.3. The molecule has 0 radical (unpaired) electrons. The van der Waals surface area contributed by atoms with E-state index in [9.17, 15) is 0 Å². The van der Waals surface area contributed by atoms with Crippen LogP contribution in [0.4, 0.5) is 17.1 Å². The lowest BCUT2D eigenvalue weighted by Crippen LogP contribution is -2.10. The number of anilines is 3. The van der Waals surface area contributed by atoms with E-state index >= 15 is 0 Å². The Labute approximate surface area is 330 Å². The molecule has 2 aromatic heterocycles. The minimum atomic E-state index is 0.846. The zero-order chi connectivity index (χ0) is 37.7. The Morgan fingerprint density at radius 2 is 0.825 bits per heavy atom. The fourth-order valence-corrected chi connectivity index (χ4v) is 8.34. The van der Waals surface area contributed by atoms with Crippen LogP contribution in [0.3, 0.4) is 0 Å². The van der Waals surface area contributed by atoms with E-state index in [0.717, 1.165) is 94.3 Å². The summed E-state index contributed by atoms with van der Waals surface area (Å²) in [7, 11) is 0. The molecule has 0 saturated heterocycles. The molecule has 268 valence electrons. The van der Waals surface area contributed by atoms with Gasteiger partial charge in [0.15, 0.2) is 5.58 Å². The zero-order valence-electron chi connectivity index (χ0n) is 31.0. The van der Waals surface area contributed by atoms with E-state index in [1.807, 2.05) is 12.1 Å². The van der Waals surface area contributed by atoms with E-state index in [0.29, 0.717) is 0 Å². The number of hydrogen-bond acceptors (Lipinski definition) is 3. The number of nitrogens with zero attached hydrogens (tertiary/aromatic N) is 1. The van der Waals surface area contributed by atoms with Crippen molar-refractivity contribution in [3.63, 3.8) is 0 Å². The van der Waals surface area contributed by atoms with Crippen LogP contribution in [0.15, 0.2) is 221 Å². The highest BCUT2D eigenvalue weighted by Crippen LogP contribution is 2.46. The monoisotopic (exact) mass is 729 g/mol. The van der Waals surface area contributed by atoms with Crippen molar-refractivity contribution in [3.05, 3.63) is 212 Å². The molecule has 11 rings (SSSR count). The van der Waals surface area contributed by atoms with Crippen molar-refractivity contribution in [1.29, 1.82) is 0 Å². The summed E-state index contributed by atoms with van der Waals surface area (Å²) in [6.45, 7) is 0. The van der Waals surface area contributed by atoms with E-state index in [1.54, 1.807) is 0 Å². The minimum absolute atomic E-state index is 0.846. The van der Waals surface area contributed by atoms with Gasteiger partial charge in [0.05, 0.1) is 5.69 Å². The van der Waals surface area contributed by atoms with Gasteiger partial charge < -0.3 is 13.7 Å². The fourth-order valence-electron chi connectivity index (χ4n) is 8.34. The molecule has 2 heterocycles. The van der Waals surface area contributed by atoms with Gasteiger partial charge in [0, 0.05) is 38.5 Å². The SMILES string of the molecule is c1ccc(-c2ccc(N(c3ccc(-c4ccc5c(c4)oc4c(-c6ccccc6)cccc45)cc3)c3ccc(-c4ccccc4)c4c3oc3ccccc34)cc2)cc1. The predicted molar refractivity (Wildman–Crippen MR) is 237 cm³/mol. The lowest BCUT2D eigenvalue weighted by Gasteiger charge is -2.26. The summed E-state index contributed by atoms with van der Waals surface area (Å²) in [5, 5.41) is 4.44. The van der Waals surface area contributed by atoms with Crippen molar-refractivity contribution in [2.45, 2.75) is 0 Å². The molecule has 9 aromatic carbocycles. The van der Waals surface area contributed by atoms with Crippen molar-refractivity contribution < 1.29 is 8.83 Å². The second-order valence-corrected chi connectivity index (χ2v) is 14.5. The molecule has 0 N–H and O–H groups in total. The molecule has 0 aliphatic heterocycles. The number of hydrogen-bond donors (Lipinski definition) is 0. The second-order valence-electron chi connectivity index (χ2n) is 14.5. The highest BCUT2D eigenvalue weighted by molar-refractivity contribution is 6.17. The zero-order valence-corrected chi connectivity index (χ0v) is 31.0. The molecule has 0 saturated carbocycles. The first-order valence-corrected chi connectivity index (χ1v) is 19.3. The van der Waals surface area contributed by atoms with Gasteiger partial charge in [-0.05, 0) is 87.5 Å². The third-order valence-electron chi connectivity index (χ3n) is 11.1. The summed E-state index contributed by atoms with van der Waals surface area (Å²) < 4.78 is 13.4. The highest BCUT2D eigenvalue weighted by Gasteiger charge is 2.22. The van der Waals surface area contributed by atoms with Crippen LogP contribution >= 0.6 is 0 Å². The van der Waals surface area contributed by atoms with E-state index in [1.165, 1.54) is 11.1 Å². The average molecular weight is 730 g/mol. The smallest absolute Gasteiger partial charge is 0.160 e. The summed E-state index contributed by atoms with van der Waals surface area (Å²) in [5.74, 6) is 0. The van der Waals surface area contributed by atoms with E-state index < -0.39 is 0 Å². The van der Waals surface area contributed by atoms with Crippen molar-refractivity contribution in [2.75, 3.05) is 4.90 Å². The Morgan fingerprint density at radius 3 is 1.51 bits per heavy atom. The third kappa shape index (κ3) is 5.68. The molecule has 3 heteroatoms. The molecule has 0 aliphatic rings. The standard InChI is InChI=1S/C54H35NO2/c1-4-13-36(14-5-1)37-23-28-42(29-24-37)55(49-34-33-44(39-15-6-2-7-16-39)52-48-19-10-11-22-50(48)56-54(49)52)43-30-25-38(26-31-43)41-27-32-46-47-21-12-20-45(40-17-8-3-9-18-40)53(47)57-51(46)35-41/h1-35H. The van der Waals surface area contributed by atoms with Crippen LogP contribution in [0.2, 0.25) is 0 Å². The Bertz CT molecular complexity index is 3200. The van der Waals surface area contributed by atoms with E-state index in [4.69, 9.17) is 8.83 Å². The summed E-state index contributed by atoms with van der Waals surface area (Å²) in [6, 6.07) is 74.9. The van der Waals surface area contributed by atoms with Crippen molar-refractivity contribution >= 4 is 60.9 Å². The number of benzene rings is 9. The first-order valence-electron chi connectivity index (χ1n) is 19.3.